The van der Waals surface area contributed by atoms with E-state index < -0.39 is 0 Å². The molecule has 22 aromatic rings. The van der Waals surface area contributed by atoms with Crippen LogP contribution in [0.5, 0.6) is 0 Å². The van der Waals surface area contributed by atoms with Crippen molar-refractivity contribution in [2.75, 3.05) is 9.80 Å². The molecular weight excluding hydrogens is 1500 g/mol. The fraction of sp³-hybridized carbons (Fsp3) is 0.0667. The van der Waals surface area contributed by atoms with E-state index in [4.69, 9.17) is 0 Å². The summed E-state index contributed by atoms with van der Waals surface area (Å²) < 4.78 is 4.77. The highest BCUT2D eigenvalue weighted by molar-refractivity contribution is 6.24. The lowest BCUT2D eigenvalue weighted by Gasteiger charge is -2.28. The first-order valence-electron chi connectivity index (χ1n) is 43.4. The monoisotopic (exact) mass is 1580 g/mol. The molecule has 0 radical (unpaired) electrons. The predicted octanol–water partition coefficient (Wildman–Crippen LogP) is 33.0. The van der Waals surface area contributed by atoms with Gasteiger partial charge in [-0.2, -0.15) is 0 Å². The largest absolute Gasteiger partial charge is 0.310 e. The molecule has 124 heavy (non-hydrogen) atoms. The summed E-state index contributed by atoms with van der Waals surface area (Å²) in [5.41, 5.74) is 36.8. The number of aryl methyl sites for hydroxylation is 2. The van der Waals surface area contributed by atoms with Gasteiger partial charge in [0.25, 0.3) is 0 Å². The molecule has 2 aliphatic carbocycles. The molecule has 0 atom stereocenters. The Labute approximate surface area is 723 Å². The number of rotatable bonds is 12. The van der Waals surface area contributed by atoms with Gasteiger partial charge in [-0.1, -0.05) is 330 Å². The number of para-hydroxylation sites is 6. The van der Waals surface area contributed by atoms with Crippen LogP contribution in [-0.4, -0.2) is 9.13 Å². The summed E-state index contributed by atoms with van der Waals surface area (Å²) in [6.07, 6.45) is 0. The van der Waals surface area contributed by atoms with E-state index in [-0.39, 0.29) is 10.8 Å². The van der Waals surface area contributed by atoms with E-state index in [2.05, 4.69) is 485 Å². The van der Waals surface area contributed by atoms with E-state index >= 15 is 0 Å². The van der Waals surface area contributed by atoms with Crippen LogP contribution in [0.15, 0.2) is 425 Å². The van der Waals surface area contributed by atoms with Crippen molar-refractivity contribution < 1.29 is 0 Å². The molecule has 588 valence electrons. The highest BCUT2D eigenvalue weighted by Crippen LogP contribution is 2.57. The number of anilines is 6. The average Bonchev–Trinajstić information content (AvgIpc) is 1.42. The van der Waals surface area contributed by atoms with Gasteiger partial charge >= 0.3 is 0 Å². The summed E-state index contributed by atoms with van der Waals surface area (Å²) >= 11 is 0. The van der Waals surface area contributed by atoms with Crippen molar-refractivity contribution in [1.29, 1.82) is 0 Å². The van der Waals surface area contributed by atoms with Crippen LogP contribution in [0.25, 0.3) is 165 Å². The van der Waals surface area contributed by atoms with Crippen molar-refractivity contribution >= 4 is 121 Å². The molecule has 24 rings (SSSR count). The minimum Gasteiger partial charge on any atom is -0.310 e. The molecule has 0 saturated heterocycles. The lowest BCUT2D eigenvalue weighted by molar-refractivity contribution is 0.660. The molecule has 0 fully saturated rings. The van der Waals surface area contributed by atoms with Crippen LogP contribution >= 0.6 is 0 Å². The first-order valence-corrected chi connectivity index (χ1v) is 43.4. The lowest BCUT2D eigenvalue weighted by Crippen LogP contribution is -2.16. The van der Waals surface area contributed by atoms with Crippen molar-refractivity contribution in [3.63, 3.8) is 0 Å². The summed E-state index contributed by atoms with van der Waals surface area (Å²) in [4.78, 5) is 4.80. The molecule has 0 unspecified atom stereocenters. The number of hydrogen-bond acceptors (Lipinski definition) is 2. The van der Waals surface area contributed by atoms with Crippen LogP contribution in [0.2, 0.25) is 0 Å². The molecule has 20 aromatic carbocycles. The van der Waals surface area contributed by atoms with Gasteiger partial charge in [0, 0.05) is 77.9 Å². The fourth-order valence-corrected chi connectivity index (χ4v) is 21.0. The van der Waals surface area contributed by atoms with Gasteiger partial charge in [-0.05, 0) is 279 Å². The lowest BCUT2D eigenvalue weighted by atomic mass is 9.80. The summed E-state index contributed by atoms with van der Waals surface area (Å²) in [7, 11) is 0. The van der Waals surface area contributed by atoms with Crippen LogP contribution in [0.3, 0.4) is 0 Å². The highest BCUT2D eigenvalue weighted by atomic mass is 15.2. The molecular formula is C120H88N4. The summed E-state index contributed by atoms with van der Waals surface area (Å²) in [5, 5.41) is 15.3. The van der Waals surface area contributed by atoms with Crippen LogP contribution in [0.4, 0.5) is 34.1 Å². The third-order valence-electron chi connectivity index (χ3n) is 26.8. The number of nitrogens with zero attached hydrogens (tertiary/aromatic N) is 4. The van der Waals surface area contributed by atoms with Crippen molar-refractivity contribution in [1.82, 2.24) is 9.13 Å². The maximum absolute atomic E-state index is 2.49. The Morgan fingerprint density at radius 3 is 0.782 bits per heavy atom. The summed E-state index contributed by atoms with van der Waals surface area (Å²) in [6, 6.07) is 157. The van der Waals surface area contributed by atoms with E-state index in [0.717, 1.165) is 45.5 Å². The van der Waals surface area contributed by atoms with Gasteiger partial charge in [-0.15, -0.1) is 0 Å². The number of benzene rings is 20. The maximum Gasteiger partial charge on any atom is 0.0541 e. The van der Waals surface area contributed by atoms with Gasteiger partial charge in [-0.25, -0.2) is 0 Å². The minimum atomic E-state index is -0.231. The van der Waals surface area contributed by atoms with Gasteiger partial charge in [0.2, 0.25) is 0 Å². The summed E-state index contributed by atoms with van der Waals surface area (Å²) in [5.74, 6) is 0. The second-order valence-electron chi connectivity index (χ2n) is 34.8. The van der Waals surface area contributed by atoms with E-state index in [9.17, 15) is 0 Å². The second-order valence-corrected chi connectivity index (χ2v) is 34.8. The smallest absolute Gasteiger partial charge is 0.0541 e. The number of fused-ring (bicyclic) bond motifs is 16. The highest BCUT2D eigenvalue weighted by Gasteiger charge is 2.39. The van der Waals surface area contributed by atoms with E-state index in [1.165, 1.54) is 187 Å². The van der Waals surface area contributed by atoms with Gasteiger partial charge in [-0.3, -0.25) is 0 Å². The Hall–Kier alpha value is -15.4. The van der Waals surface area contributed by atoms with E-state index in [1.54, 1.807) is 0 Å². The normalized spacial score (nSPS) is 12.9. The summed E-state index contributed by atoms with van der Waals surface area (Å²) in [6.45, 7) is 14.0. The molecule has 0 bridgehead atoms. The molecule has 0 amide bonds. The third kappa shape index (κ3) is 11.9. The molecule has 4 heteroatoms. The fourth-order valence-electron chi connectivity index (χ4n) is 21.0. The Morgan fingerprint density at radius 2 is 0.435 bits per heavy atom. The first kappa shape index (κ1) is 73.8. The zero-order valence-corrected chi connectivity index (χ0v) is 70.2. The molecule has 4 nitrogen and oxygen atoms in total. The topological polar surface area (TPSA) is 16.3 Å². The molecule has 0 aliphatic heterocycles. The van der Waals surface area contributed by atoms with Crippen LogP contribution in [-0.2, 0) is 10.8 Å². The quantitative estimate of drug-likeness (QED) is 0.113. The van der Waals surface area contributed by atoms with Crippen molar-refractivity contribution in [2.24, 2.45) is 0 Å². The molecule has 2 heterocycles. The zero-order valence-electron chi connectivity index (χ0n) is 70.2. The zero-order chi connectivity index (χ0) is 83.1. The van der Waals surface area contributed by atoms with Crippen molar-refractivity contribution in [3.8, 4) is 78.1 Å². The van der Waals surface area contributed by atoms with Crippen LogP contribution in [0.1, 0.15) is 61.1 Å². The van der Waals surface area contributed by atoms with Gasteiger partial charge in [0.1, 0.15) is 0 Å². The number of aromatic nitrogens is 2. The van der Waals surface area contributed by atoms with Gasteiger partial charge in [0.15, 0.2) is 0 Å². The SMILES string of the molecule is Cc1ccc2c(-c3ccc4c(c3)C(C)(C)c3cc(N(c5ccccc5)c5ccc(-n6c7ccccc7c7ccccc76)cc5)ccc3-4)c3ccccc3c(-c3ccccc3)c2c1.Cc1ccc2c(-c3ccccc3)c3ccccc3c(-c3ccc4c(c3)C(C)(C)c3cc(N(c5ccccc5)c5ccc(-n6c7ccccc7c7ccccc76)cc5)ccc3-4)c2c1. The molecule has 2 aromatic heterocycles. The van der Waals surface area contributed by atoms with Crippen molar-refractivity contribution in [2.45, 2.75) is 52.4 Å². The molecule has 2 aliphatic rings. The Bertz CT molecular complexity index is 7920. The Kier molecular flexibility index (Phi) is 17.4. The second kappa shape index (κ2) is 29.2. The van der Waals surface area contributed by atoms with Crippen molar-refractivity contribution in [3.05, 3.63) is 458 Å². The van der Waals surface area contributed by atoms with E-state index in [1.807, 2.05) is 0 Å². The van der Waals surface area contributed by atoms with Crippen LogP contribution in [0, 0.1) is 13.8 Å². The molecule has 0 N–H and O–H groups in total. The Morgan fingerprint density at radius 1 is 0.185 bits per heavy atom. The maximum atomic E-state index is 2.49. The first-order chi connectivity index (χ1) is 60.9. The third-order valence-corrected chi connectivity index (χ3v) is 26.8. The Balaban J connectivity index is 0.000000143. The standard InChI is InChI=1S/2C60H44N2/c1-39-26-33-52-53(36-39)58(40-16-6-4-7-17-40)50-22-10-11-23-51(50)59(52)41-27-34-46-47-35-32-45(38-55(47)60(2,3)54(46)37-41)61(42-18-8-5-9-19-42)43-28-30-44(31-29-43)62-56-24-14-12-20-48(56)49-21-13-15-25-57(49)62;1-39-26-33-52-53(36-39)59(51-23-11-10-22-50(51)58(52)40-16-6-4-7-17-40)41-27-34-46-47-35-32-45(38-55(47)60(2,3)54(46)37-41)61(42-18-8-5-9-19-42)43-28-30-44(31-29-43)62-56-24-14-12-20-48(56)49-21-13-15-25-57(49)62/h2*4-38H,1-3H3. The van der Waals surface area contributed by atoms with Gasteiger partial charge in [0.05, 0.1) is 22.1 Å². The average molecular weight is 1590 g/mol. The molecule has 0 spiro atoms. The van der Waals surface area contributed by atoms with Gasteiger partial charge < -0.3 is 18.9 Å². The molecule has 0 saturated carbocycles. The number of hydrogen-bond donors (Lipinski definition) is 0. The minimum absolute atomic E-state index is 0.231. The van der Waals surface area contributed by atoms with Crippen LogP contribution < -0.4 is 9.80 Å². The van der Waals surface area contributed by atoms with E-state index in [0.29, 0.717) is 0 Å². The predicted molar refractivity (Wildman–Crippen MR) is 527 cm³/mol.